The molecule has 8 nitrogen and oxygen atoms in total. The van der Waals surface area contributed by atoms with Gasteiger partial charge in [-0.2, -0.15) is 0 Å². The van der Waals surface area contributed by atoms with Gasteiger partial charge in [-0.3, -0.25) is 14.4 Å². The van der Waals surface area contributed by atoms with Gasteiger partial charge in [0.2, 0.25) is 11.8 Å². The highest BCUT2D eigenvalue weighted by Crippen LogP contribution is 2.16. The van der Waals surface area contributed by atoms with E-state index in [1.165, 1.54) is 0 Å². The third-order valence-corrected chi connectivity index (χ3v) is 4.77. The maximum atomic E-state index is 12.6. The molecule has 0 spiro atoms. The number of ether oxygens (including phenoxy) is 1. The molecule has 164 valence electrons. The Labute approximate surface area is 182 Å². The Balaban J connectivity index is 1.53. The molecular formula is C23H28N4O4. The van der Waals surface area contributed by atoms with E-state index < -0.39 is 0 Å². The minimum atomic E-state index is -0.234. The monoisotopic (exact) mass is 424 g/mol. The summed E-state index contributed by atoms with van der Waals surface area (Å²) < 4.78 is 5.29. The van der Waals surface area contributed by atoms with Crippen LogP contribution in [-0.2, 0) is 14.3 Å². The SMILES string of the molecule is CCCC(=O)Nc1cccc(NC(=O)CNc2cccc(C(=O)N3CCOCC3)c2)c1. The minimum Gasteiger partial charge on any atom is -0.378 e. The van der Waals surface area contributed by atoms with Gasteiger partial charge in [0.25, 0.3) is 5.91 Å². The molecule has 1 fully saturated rings. The predicted octanol–water partition coefficient (Wildman–Crippen LogP) is 2.95. The van der Waals surface area contributed by atoms with E-state index in [1.807, 2.05) is 13.0 Å². The van der Waals surface area contributed by atoms with E-state index in [0.29, 0.717) is 55.3 Å². The Morgan fingerprint density at radius 1 is 0.903 bits per heavy atom. The molecule has 1 aliphatic heterocycles. The molecular weight excluding hydrogens is 396 g/mol. The molecule has 8 heteroatoms. The number of carbonyl (C=O) groups is 3. The summed E-state index contributed by atoms with van der Waals surface area (Å²) in [6, 6.07) is 14.1. The number of morpholine rings is 1. The molecule has 1 heterocycles. The highest BCUT2D eigenvalue weighted by atomic mass is 16.5. The molecule has 0 bridgehead atoms. The van der Waals surface area contributed by atoms with Crippen LogP contribution in [0.15, 0.2) is 48.5 Å². The van der Waals surface area contributed by atoms with E-state index in [0.717, 1.165) is 6.42 Å². The normalized spacial score (nSPS) is 13.4. The molecule has 1 aliphatic rings. The third-order valence-electron chi connectivity index (χ3n) is 4.77. The summed E-state index contributed by atoms with van der Waals surface area (Å²) in [7, 11) is 0. The van der Waals surface area contributed by atoms with E-state index >= 15 is 0 Å². The first-order valence-corrected chi connectivity index (χ1v) is 10.5. The number of benzene rings is 2. The van der Waals surface area contributed by atoms with Crippen molar-refractivity contribution in [2.45, 2.75) is 19.8 Å². The number of anilines is 3. The molecule has 0 atom stereocenters. The zero-order valence-electron chi connectivity index (χ0n) is 17.6. The molecule has 0 radical (unpaired) electrons. The van der Waals surface area contributed by atoms with Crippen LogP contribution < -0.4 is 16.0 Å². The van der Waals surface area contributed by atoms with Gasteiger partial charge in [-0.1, -0.05) is 19.1 Å². The Morgan fingerprint density at radius 2 is 1.55 bits per heavy atom. The second-order valence-electron chi connectivity index (χ2n) is 7.27. The molecule has 0 aliphatic carbocycles. The summed E-state index contributed by atoms with van der Waals surface area (Å²) >= 11 is 0. The summed E-state index contributed by atoms with van der Waals surface area (Å²) in [5.74, 6) is -0.334. The second-order valence-corrected chi connectivity index (χ2v) is 7.27. The first-order valence-electron chi connectivity index (χ1n) is 10.5. The van der Waals surface area contributed by atoms with Crippen LogP contribution >= 0.6 is 0 Å². The molecule has 0 aromatic heterocycles. The average Bonchev–Trinajstić information content (AvgIpc) is 2.78. The highest BCUT2D eigenvalue weighted by molar-refractivity contribution is 5.97. The van der Waals surface area contributed by atoms with Crippen LogP contribution in [0.5, 0.6) is 0 Å². The summed E-state index contributed by atoms with van der Waals surface area (Å²) in [6.45, 7) is 4.24. The lowest BCUT2D eigenvalue weighted by molar-refractivity contribution is -0.116. The Hall–Kier alpha value is -3.39. The van der Waals surface area contributed by atoms with Crippen LogP contribution in [0.2, 0.25) is 0 Å². The molecule has 0 unspecified atom stereocenters. The van der Waals surface area contributed by atoms with Crippen LogP contribution in [0.4, 0.5) is 17.1 Å². The number of hydrogen-bond acceptors (Lipinski definition) is 5. The molecule has 1 saturated heterocycles. The van der Waals surface area contributed by atoms with Crippen molar-refractivity contribution in [1.82, 2.24) is 4.90 Å². The Bertz CT molecular complexity index is 925. The Morgan fingerprint density at radius 3 is 2.26 bits per heavy atom. The van der Waals surface area contributed by atoms with Gasteiger partial charge in [0.1, 0.15) is 0 Å². The van der Waals surface area contributed by atoms with Crippen molar-refractivity contribution in [1.29, 1.82) is 0 Å². The summed E-state index contributed by atoms with van der Waals surface area (Å²) in [5.41, 5.74) is 2.49. The topological polar surface area (TPSA) is 99.8 Å². The van der Waals surface area contributed by atoms with E-state index in [2.05, 4.69) is 16.0 Å². The van der Waals surface area contributed by atoms with Crippen molar-refractivity contribution < 1.29 is 19.1 Å². The molecule has 31 heavy (non-hydrogen) atoms. The lowest BCUT2D eigenvalue weighted by atomic mass is 10.1. The predicted molar refractivity (Wildman–Crippen MR) is 120 cm³/mol. The maximum Gasteiger partial charge on any atom is 0.254 e. The highest BCUT2D eigenvalue weighted by Gasteiger charge is 2.18. The van der Waals surface area contributed by atoms with Gasteiger partial charge >= 0.3 is 0 Å². The largest absolute Gasteiger partial charge is 0.378 e. The minimum absolute atomic E-state index is 0.0432. The fourth-order valence-electron chi connectivity index (χ4n) is 3.22. The van der Waals surface area contributed by atoms with Crippen molar-refractivity contribution in [3.8, 4) is 0 Å². The summed E-state index contributed by atoms with van der Waals surface area (Å²) in [4.78, 5) is 38.5. The van der Waals surface area contributed by atoms with Gasteiger partial charge < -0.3 is 25.6 Å². The molecule has 2 aromatic rings. The zero-order valence-corrected chi connectivity index (χ0v) is 17.6. The van der Waals surface area contributed by atoms with Gasteiger partial charge in [0, 0.05) is 42.1 Å². The van der Waals surface area contributed by atoms with E-state index in [1.54, 1.807) is 47.4 Å². The number of amides is 3. The van der Waals surface area contributed by atoms with Crippen LogP contribution in [0.3, 0.4) is 0 Å². The number of nitrogens with zero attached hydrogens (tertiary/aromatic N) is 1. The van der Waals surface area contributed by atoms with Crippen molar-refractivity contribution >= 4 is 34.8 Å². The summed E-state index contributed by atoms with van der Waals surface area (Å²) in [6.07, 6.45) is 1.22. The lowest BCUT2D eigenvalue weighted by Crippen LogP contribution is -2.40. The number of hydrogen-bond donors (Lipinski definition) is 3. The zero-order chi connectivity index (χ0) is 22.1. The van der Waals surface area contributed by atoms with Gasteiger partial charge in [-0.25, -0.2) is 0 Å². The smallest absolute Gasteiger partial charge is 0.254 e. The van der Waals surface area contributed by atoms with Gasteiger partial charge in [-0.05, 0) is 42.8 Å². The number of rotatable bonds is 8. The van der Waals surface area contributed by atoms with Gasteiger partial charge in [0.15, 0.2) is 0 Å². The molecule has 3 rings (SSSR count). The second kappa shape index (κ2) is 11.1. The molecule has 3 amide bonds. The fraction of sp³-hybridized carbons (Fsp3) is 0.348. The number of carbonyl (C=O) groups excluding carboxylic acids is 3. The van der Waals surface area contributed by atoms with Gasteiger partial charge in [0.05, 0.1) is 19.8 Å². The fourth-order valence-corrected chi connectivity index (χ4v) is 3.22. The van der Waals surface area contributed by atoms with Crippen LogP contribution in [0.25, 0.3) is 0 Å². The van der Waals surface area contributed by atoms with Crippen molar-refractivity contribution in [2.24, 2.45) is 0 Å². The summed E-state index contributed by atoms with van der Waals surface area (Å²) in [5, 5.41) is 8.66. The van der Waals surface area contributed by atoms with Gasteiger partial charge in [-0.15, -0.1) is 0 Å². The standard InChI is InChI=1S/C23H28N4O4/c1-2-5-21(28)25-19-8-4-9-20(15-19)26-22(29)16-24-18-7-3-6-17(14-18)23(30)27-10-12-31-13-11-27/h3-4,6-9,14-15,24H,2,5,10-13,16H2,1H3,(H,25,28)(H,26,29). The van der Waals surface area contributed by atoms with Crippen molar-refractivity contribution in [2.75, 3.05) is 48.8 Å². The number of nitrogens with one attached hydrogen (secondary N) is 3. The van der Waals surface area contributed by atoms with E-state index in [-0.39, 0.29) is 24.3 Å². The van der Waals surface area contributed by atoms with E-state index in [9.17, 15) is 14.4 Å². The molecule has 2 aromatic carbocycles. The molecule has 0 saturated carbocycles. The maximum absolute atomic E-state index is 12.6. The van der Waals surface area contributed by atoms with Crippen LogP contribution in [0.1, 0.15) is 30.1 Å². The van der Waals surface area contributed by atoms with Crippen LogP contribution in [-0.4, -0.2) is 55.5 Å². The third kappa shape index (κ3) is 6.82. The lowest BCUT2D eigenvalue weighted by Gasteiger charge is -2.27. The van der Waals surface area contributed by atoms with E-state index in [4.69, 9.17) is 4.74 Å². The molecule has 3 N–H and O–H groups in total. The average molecular weight is 425 g/mol. The van der Waals surface area contributed by atoms with Crippen LogP contribution in [0, 0.1) is 0 Å². The first kappa shape index (κ1) is 22.3. The first-order chi connectivity index (χ1) is 15.0. The Kier molecular flexibility index (Phi) is 8.00. The van der Waals surface area contributed by atoms with Crippen molar-refractivity contribution in [3.05, 3.63) is 54.1 Å². The quantitative estimate of drug-likeness (QED) is 0.605. The van der Waals surface area contributed by atoms with Crippen molar-refractivity contribution in [3.63, 3.8) is 0 Å².